The second-order valence-corrected chi connectivity index (χ2v) is 8.75. The summed E-state index contributed by atoms with van der Waals surface area (Å²) in [5.74, 6) is -1.20. The smallest absolute Gasteiger partial charge is 0.323 e. The molecule has 2 N–H and O–H groups in total. The fraction of sp³-hybridized carbons (Fsp3) is 0.250. The molecule has 0 bridgehead atoms. The average molecular weight is 415 g/mol. The number of para-hydroxylation sites is 1. The van der Waals surface area contributed by atoms with Crippen molar-refractivity contribution in [1.82, 2.24) is 10.2 Å². The summed E-state index contributed by atoms with van der Waals surface area (Å²) in [6.45, 7) is 1.24. The van der Waals surface area contributed by atoms with Crippen molar-refractivity contribution in [2.75, 3.05) is 18.1 Å². The van der Waals surface area contributed by atoms with Gasteiger partial charge in [-0.3, -0.25) is 14.5 Å². The van der Waals surface area contributed by atoms with Crippen LogP contribution in [0.5, 0.6) is 0 Å². The van der Waals surface area contributed by atoms with Crippen molar-refractivity contribution in [3.05, 3.63) is 60.2 Å². The van der Waals surface area contributed by atoms with E-state index in [9.17, 15) is 22.8 Å². The van der Waals surface area contributed by atoms with Gasteiger partial charge >= 0.3 is 6.03 Å². The van der Waals surface area contributed by atoms with Crippen LogP contribution in [0.4, 0.5) is 10.5 Å². The zero-order valence-corrected chi connectivity index (χ0v) is 16.8. The highest BCUT2D eigenvalue weighted by Crippen LogP contribution is 2.32. The van der Waals surface area contributed by atoms with Crippen molar-refractivity contribution in [3.8, 4) is 0 Å². The minimum absolute atomic E-state index is 0.0438. The molecule has 0 saturated carbocycles. The van der Waals surface area contributed by atoms with Crippen LogP contribution in [-0.2, 0) is 25.0 Å². The molecular weight excluding hydrogens is 394 g/mol. The summed E-state index contributed by atoms with van der Waals surface area (Å²) in [4.78, 5) is 38.8. The molecule has 1 saturated heterocycles. The van der Waals surface area contributed by atoms with Crippen molar-refractivity contribution in [3.63, 3.8) is 0 Å². The Bertz CT molecular complexity index is 1070. The lowest BCUT2D eigenvalue weighted by atomic mass is 9.87. The molecule has 8 nitrogen and oxygen atoms in total. The van der Waals surface area contributed by atoms with Crippen molar-refractivity contribution >= 4 is 33.4 Å². The molecule has 29 heavy (non-hydrogen) atoms. The monoisotopic (exact) mass is 415 g/mol. The number of carbonyl (C=O) groups excluding carboxylic acids is 3. The summed E-state index contributed by atoms with van der Waals surface area (Å²) >= 11 is 0. The maximum atomic E-state index is 13.1. The van der Waals surface area contributed by atoms with E-state index in [0.717, 1.165) is 11.2 Å². The van der Waals surface area contributed by atoms with Crippen LogP contribution in [0, 0.1) is 0 Å². The molecule has 1 atom stereocenters. The van der Waals surface area contributed by atoms with Gasteiger partial charge in [-0.2, -0.15) is 0 Å². The van der Waals surface area contributed by atoms with Crippen LogP contribution >= 0.6 is 0 Å². The summed E-state index contributed by atoms with van der Waals surface area (Å²) in [6.07, 6.45) is 1.35. The third-order valence-electron chi connectivity index (χ3n) is 4.83. The molecule has 152 valence electrons. The minimum Gasteiger partial charge on any atom is -0.323 e. The number of sulfone groups is 1. The van der Waals surface area contributed by atoms with Crippen molar-refractivity contribution < 1.29 is 22.8 Å². The molecular formula is C20H21N3O5S. The zero-order valence-electron chi connectivity index (χ0n) is 16.0. The maximum absolute atomic E-state index is 13.1. The van der Waals surface area contributed by atoms with Crippen LogP contribution in [0.25, 0.3) is 0 Å². The number of urea groups is 1. The van der Waals surface area contributed by atoms with Crippen molar-refractivity contribution in [2.24, 2.45) is 0 Å². The first-order valence-electron chi connectivity index (χ1n) is 8.97. The van der Waals surface area contributed by atoms with Crippen LogP contribution in [0.15, 0.2) is 59.5 Å². The summed E-state index contributed by atoms with van der Waals surface area (Å²) in [7, 11) is -3.56. The predicted octanol–water partition coefficient (Wildman–Crippen LogP) is 1.89. The summed E-state index contributed by atoms with van der Waals surface area (Å²) in [5, 5.41) is 5.18. The lowest BCUT2D eigenvalue weighted by Gasteiger charge is -2.25. The van der Waals surface area contributed by atoms with E-state index in [1.54, 1.807) is 49.4 Å². The topological polar surface area (TPSA) is 113 Å². The molecule has 4 amide bonds. The van der Waals surface area contributed by atoms with Gasteiger partial charge in [0.05, 0.1) is 10.6 Å². The standard InChI is InChI=1S/C20H21N3O5S/c1-3-20(14-9-5-4-6-10-14)18(25)23(19(26)22-20)13-17(24)21-15-11-7-8-12-16(15)29(2,27)28/h4-12H,3,13H2,1-2H3,(H,21,24)(H,22,26). The number of imide groups is 1. The van der Waals surface area contributed by atoms with Crippen LogP contribution < -0.4 is 10.6 Å². The zero-order chi connectivity index (χ0) is 21.2. The Kier molecular flexibility index (Phi) is 5.43. The molecule has 0 aliphatic carbocycles. The van der Waals surface area contributed by atoms with Crippen LogP contribution in [0.1, 0.15) is 18.9 Å². The largest absolute Gasteiger partial charge is 0.325 e. The van der Waals surface area contributed by atoms with E-state index < -0.39 is 39.8 Å². The Morgan fingerprint density at radius 1 is 1.07 bits per heavy atom. The van der Waals surface area contributed by atoms with E-state index >= 15 is 0 Å². The number of nitrogens with zero attached hydrogens (tertiary/aromatic N) is 1. The molecule has 0 aromatic heterocycles. The Labute approximate surface area is 168 Å². The van der Waals surface area contributed by atoms with Gasteiger partial charge in [-0.1, -0.05) is 49.4 Å². The summed E-state index contributed by atoms with van der Waals surface area (Å²) in [5.41, 5.74) is -0.508. The fourth-order valence-corrected chi connectivity index (χ4v) is 4.20. The van der Waals surface area contributed by atoms with Gasteiger partial charge in [-0.15, -0.1) is 0 Å². The number of rotatable bonds is 6. The number of carbonyl (C=O) groups is 3. The normalized spacial score (nSPS) is 19.2. The first kappa shape index (κ1) is 20.5. The van der Waals surface area contributed by atoms with Gasteiger partial charge in [0.2, 0.25) is 5.91 Å². The van der Waals surface area contributed by atoms with Gasteiger partial charge in [0.15, 0.2) is 9.84 Å². The first-order chi connectivity index (χ1) is 13.7. The Hall–Kier alpha value is -3.20. The molecule has 2 aromatic carbocycles. The van der Waals surface area contributed by atoms with E-state index in [2.05, 4.69) is 10.6 Å². The van der Waals surface area contributed by atoms with Gasteiger partial charge in [0.25, 0.3) is 5.91 Å². The minimum atomic E-state index is -3.56. The second-order valence-electron chi connectivity index (χ2n) is 6.76. The third kappa shape index (κ3) is 3.86. The fourth-order valence-electron chi connectivity index (χ4n) is 3.36. The number of benzene rings is 2. The molecule has 2 aromatic rings. The number of anilines is 1. The number of nitrogens with one attached hydrogen (secondary N) is 2. The highest BCUT2D eigenvalue weighted by molar-refractivity contribution is 7.90. The SMILES string of the molecule is CCC1(c2ccccc2)NC(=O)N(CC(=O)Nc2ccccc2S(C)(=O)=O)C1=O. The highest BCUT2D eigenvalue weighted by Gasteiger charge is 2.51. The quantitative estimate of drug-likeness (QED) is 0.700. The molecule has 1 aliphatic heterocycles. The number of amides is 4. The van der Waals surface area contributed by atoms with Gasteiger partial charge in [-0.25, -0.2) is 13.2 Å². The van der Waals surface area contributed by atoms with Crippen molar-refractivity contribution in [2.45, 2.75) is 23.8 Å². The van der Waals surface area contributed by atoms with Crippen molar-refractivity contribution in [1.29, 1.82) is 0 Å². The highest BCUT2D eigenvalue weighted by atomic mass is 32.2. The summed E-state index contributed by atoms with van der Waals surface area (Å²) < 4.78 is 23.8. The Balaban J connectivity index is 1.82. The maximum Gasteiger partial charge on any atom is 0.325 e. The lowest BCUT2D eigenvalue weighted by molar-refractivity contribution is -0.134. The Morgan fingerprint density at radius 3 is 2.31 bits per heavy atom. The van der Waals surface area contributed by atoms with Gasteiger partial charge in [0.1, 0.15) is 12.1 Å². The first-order valence-corrected chi connectivity index (χ1v) is 10.9. The molecule has 0 radical (unpaired) electrons. The summed E-state index contributed by atoms with van der Waals surface area (Å²) in [6, 6.07) is 14.1. The molecule has 9 heteroatoms. The number of hydrogen-bond donors (Lipinski definition) is 2. The van der Waals surface area contributed by atoms with E-state index in [0.29, 0.717) is 12.0 Å². The van der Waals surface area contributed by atoms with Gasteiger partial charge < -0.3 is 10.6 Å². The molecule has 1 heterocycles. The van der Waals surface area contributed by atoms with Gasteiger partial charge in [-0.05, 0) is 24.1 Å². The molecule has 1 unspecified atom stereocenters. The van der Waals surface area contributed by atoms with Gasteiger partial charge in [0, 0.05) is 6.26 Å². The number of hydrogen-bond acceptors (Lipinski definition) is 5. The molecule has 3 rings (SSSR count). The second kappa shape index (κ2) is 7.67. The van der Waals surface area contributed by atoms with Crippen LogP contribution in [0.3, 0.4) is 0 Å². The van der Waals surface area contributed by atoms with E-state index in [-0.39, 0.29) is 10.6 Å². The predicted molar refractivity (Wildman–Crippen MR) is 107 cm³/mol. The third-order valence-corrected chi connectivity index (χ3v) is 5.99. The molecule has 1 aliphatic rings. The molecule has 0 spiro atoms. The molecule has 1 fully saturated rings. The Morgan fingerprint density at radius 2 is 1.69 bits per heavy atom. The average Bonchev–Trinajstić information content (AvgIpc) is 2.93. The van der Waals surface area contributed by atoms with Crippen LogP contribution in [-0.4, -0.2) is 44.0 Å². The van der Waals surface area contributed by atoms with E-state index in [4.69, 9.17) is 0 Å². The van der Waals surface area contributed by atoms with E-state index in [1.807, 2.05) is 0 Å². The van der Waals surface area contributed by atoms with E-state index in [1.165, 1.54) is 12.1 Å². The van der Waals surface area contributed by atoms with Crippen LogP contribution in [0.2, 0.25) is 0 Å². The lowest BCUT2D eigenvalue weighted by Crippen LogP contribution is -2.44.